The van der Waals surface area contributed by atoms with Crippen molar-refractivity contribution in [3.8, 4) is 28.3 Å². The van der Waals surface area contributed by atoms with Crippen LogP contribution < -0.4 is 21.1 Å². The first-order valence-electron chi connectivity index (χ1n) is 11.4. The molecule has 0 unspecified atom stereocenters. The number of hydrogen-bond acceptors (Lipinski definition) is 1. The van der Waals surface area contributed by atoms with Crippen LogP contribution in [0.3, 0.4) is 0 Å². The first-order chi connectivity index (χ1) is 16.4. The van der Waals surface area contributed by atoms with Crippen molar-refractivity contribution < 1.29 is 4.74 Å². The molecule has 6 aromatic rings. The maximum atomic E-state index is 6.60. The second-order valence-electron chi connectivity index (χ2n) is 8.94. The molecule has 2 aliphatic rings. The maximum Gasteiger partial charge on any atom is 0.256 e. The molecule has 0 fully saturated rings. The van der Waals surface area contributed by atoms with E-state index in [-0.39, 0.29) is 6.71 Å². The average molecular weight is 419 g/mol. The summed E-state index contributed by atoms with van der Waals surface area (Å²) in [6.07, 6.45) is 0. The summed E-state index contributed by atoms with van der Waals surface area (Å²) in [6.45, 7) is 0.158. The van der Waals surface area contributed by atoms with Crippen LogP contribution >= 0.6 is 0 Å². The normalized spacial score (nSPS) is 13.0. The molecule has 0 amide bonds. The number of fused-ring (bicyclic) bond motifs is 8. The minimum Gasteiger partial charge on any atom is -0.458 e. The lowest BCUT2D eigenvalue weighted by molar-refractivity contribution is 0.488. The van der Waals surface area contributed by atoms with Crippen LogP contribution in [0.15, 0.2) is 109 Å². The molecule has 5 aromatic carbocycles. The van der Waals surface area contributed by atoms with Gasteiger partial charge in [0, 0.05) is 16.5 Å². The highest BCUT2D eigenvalue weighted by atomic mass is 16.5. The quantitative estimate of drug-likeness (QED) is 0.326. The lowest BCUT2D eigenvalue weighted by Crippen LogP contribution is -2.58. The van der Waals surface area contributed by atoms with Gasteiger partial charge in [0.1, 0.15) is 11.5 Å². The molecule has 0 saturated heterocycles. The molecular formula is C30H18BNO. The number of para-hydroxylation sites is 2. The van der Waals surface area contributed by atoms with Crippen molar-refractivity contribution in [1.82, 2.24) is 4.57 Å². The monoisotopic (exact) mass is 419 g/mol. The molecule has 0 atom stereocenters. The number of nitrogens with zero attached hydrogens (tertiary/aromatic N) is 1. The lowest BCUT2D eigenvalue weighted by atomic mass is 9.34. The summed E-state index contributed by atoms with van der Waals surface area (Å²) < 4.78 is 9.04. The molecule has 3 heteroatoms. The number of aromatic nitrogens is 1. The van der Waals surface area contributed by atoms with E-state index in [4.69, 9.17) is 4.74 Å². The molecule has 2 nitrogen and oxygen atoms in total. The van der Waals surface area contributed by atoms with E-state index in [1.165, 1.54) is 55.0 Å². The Labute approximate surface area is 191 Å². The van der Waals surface area contributed by atoms with Crippen LogP contribution in [0.25, 0.3) is 38.6 Å². The minimum atomic E-state index is 0.158. The van der Waals surface area contributed by atoms with Crippen molar-refractivity contribution in [2.24, 2.45) is 0 Å². The molecule has 2 aliphatic heterocycles. The average Bonchev–Trinajstić information content (AvgIpc) is 3.23. The van der Waals surface area contributed by atoms with Crippen LogP contribution in [-0.4, -0.2) is 11.3 Å². The van der Waals surface area contributed by atoms with E-state index in [1.807, 2.05) is 0 Å². The summed E-state index contributed by atoms with van der Waals surface area (Å²) in [7, 11) is 0. The third-order valence-corrected chi connectivity index (χ3v) is 7.26. The minimum absolute atomic E-state index is 0.158. The second kappa shape index (κ2) is 6.17. The summed E-state index contributed by atoms with van der Waals surface area (Å²) in [6, 6.07) is 39.1. The third-order valence-electron chi connectivity index (χ3n) is 7.26. The molecule has 0 bridgehead atoms. The highest BCUT2D eigenvalue weighted by Crippen LogP contribution is 2.38. The van der Waals surface area contributed by atoms with Gasteiger partial charge in [-0.3, -0.25) is 0 Å². The molecule has 8 rings (SSSR count). The Morgan fingerprint density at radius 1 is 0.576 bits per heavy atom. The van der Waals surface area contributed by atoms with Gasteiger partial charge < -0.3 is 9.30 Å². The summed E-state index contributed by atoms with van der Waals surface area (Å²) in [4.78, 5) is 0. The van der Waals surface area contributed by atoms with Crippen LogP contribution in [-0.2, 0) is 0 Å². The Hall–Kier alpha value is -4.24. The highest BCUT2D eigenvalue weighted by molar-refractivity contribution is 6.99. The summed E-state index contributed by atoms with van der Waals surface area (Å²) in [5.74, 6) is 1.91. The standard InChI is InChI=1S/C30H18BNO/c1-2-8-19(9-3-1)20-14-16-24-28(18-20)33-27-17-15-22-21-10-4-6-12-25(21)32-26-13-7-5-11-23(26)31(24)29(27)30(22)32/h1-18H. The van der Waals surface area contributed by atoms with Crippen molar-refractivity contribution >= 4 is 44.9 Å². The lowest BCUT2D eigenvalue weighted by Gasteiger charge is -2.33. The molecule has 0 spiro atoms. The Kier molecular flexibility index (Phi) is 3.24. The van der Waals surface area contributed by atoms with Crippen molar-refractivity contribution in [1.29, 1.82) is 0 Å². The fourth-order valence-electron chi connectivity index (χ4n) is 5.89. The molecule has 1 aromatic heterocycles. The Balaban J connectivity index is 1.47. The zero-order chi connectivity index (χ0) is 21.5. The second-order valence-corrected chi connectivity index (χ2v) is 8.94. The largest absolute Gasteiger partial charge is 0.458 e. The fraction of sp³-hybridized carbons (Fsp3) is 0. The van der Waals surface area contributed by atoms with Gasteiger partial charge >= 0.3 is 0 Å². The van der Waals surface area contributed by atoms with E-state index in [2.05, 4.69) is 114 Å². The Morgan fingerprint density at radius 3 is 2.33 bits per heavy atom. The van der Waals surface area contributed by atoms with Gasteiger partial charge in [-0.25, -0.2) is 0 Å². The smallest absolute Gasteiger partial charge is 0.256 e. The third kappa shape index (κ3) is 2.19. The zero-order valence-corrected chi connectivity index (χ0v) is 17.8. The van der Waals surface area contributed by atoms with Crippen LogP contribution in [0.4, 0.5) is 0 Å². The Bertz CT molecular complexity index is 1750. The summed E-state index contributed by atoms with van der Waals surface area (Å²) in [5, 5.41) is 2.58. The summed E-state index contributed by atoms with van der Waals surface area (Å²) >= 11 is 0. The van der Waals surface area contributed by atoms with Gasteiger partial charge in [0.05, 0.1) is 11.0 Å². The van der Waals surface area contributed by atoms with Crippen LogP contribution in [0.1, 0.15) is 0 Å². The van der Waals surface area contributed by atoms with Crippen LogP contribution in [0, 0.1) is 0 Å². The molecule has 3 heterocycles. The molecule has 0 aliphatic carbocycles. The van der Waals surface area contributed by atoms with Gasteiger partial charge in [-0.1, -0.05) is 78.9 Å². The predicted octanol–water partition coefficient (Wildman–Crippen LogP) is 5.39. The van der Waals surface area contributed by atoms with E-state index in [1.54, 1.807) is 0 Å². The van der Waals surface area contributed by atoms with E-state index >= 15 is 0 Å². The van der Waals surface area contributed by atoms with Crippen LogP contribution in [0.5, 0.6) is 11.5 Å². The van der Waals surface area contributed by atoms with E-state index in [0.29, 0.717) is 0 Å². The molecule has 33 heavy (non-hydrogen) atoms. The number of benzene rings is 5. The number of ether oxygens (including phenoxy) is 1. The van der Waals surface area contributed by atoms with E-state index in [9.17, 15) is 0 Å². The molecule has 152 valence electrons. The summed E-state index contributed by atoms with van der Waals surface area (Å²) in [5.41, 5.74) is 10.0. The first kappa shape index (κ1) is 17.3. The van der Waals surface area contributed by atoms with Crippen molar-refractivity contribution in [3.05, 3.63) is 109 Å². The van der Waals surface area contributed by atoms with Gasteiger partial charge in [-0.05, 0) is 57.8 Å². The molecular weight excluding hydrogens is 401 g/mol. The molecule has 0 N–H and O–H groups in total. The Morgan fingerprint density at radius 2 is 1.39 bits per heavy atom. The van der Waals surface area contributed by atoms with Crippen molar-refractivity contribution in [2.45, 2.75) is 0 Å². The molecule has 0 radical (unpaired) electrons. The van der Waals surface area contributed by atoms with E-state index < -0.39 is 0 Å². The van der Waals surface area contributed by atoms with Gasteiger partial charge in [0.2, 0.25) is 0 Å². The molecule has 0 saturated carbocycles. The zero-order valence-electron chi connectivity index (χ0n) is 17.8. The van der Waals surface area contributed by atoms with Crippen LogP contribution in [0.2, 0.25) is 0 Å². The fourth-order valence-corrected chi connectivity index (χ4v) is 5.89. The predicted molar refractivity (Wildman–Crippen MR) is 137 cm³/mol. The highest BCUT2D eigenvalue weighted by Gasteiger charge is 2.40. The van der Waals surface area contributed by atoms with E-state index in [0.717, 1.165) is 11.5 Å². The van der Waals surface area contributed by atoms with Crippen molar-refractivity contribution in [3.63, 3.8) is 0 Å². The van der Waals surface area contributed by atoms with Gasteiger partial charge in [0.25, 0.3) is 6.71 Å². The SMILES string of the molecule is c1ccc(-c2ccc3c(c2)Oc2ccc4c5ccccc5n5c4c2B3c2ccccc2-5)cc1. The van der Waals surface area contributed by atoms with Gasteiger partial charge in [-0.2, -0.15) is 0 Å². The first-order valence-corrected chi connectivity index (χ1v) is 11.4. The number of hydrogen-bond donors (Lipinski definition) is 0. The topological polar surface area (TPSA) is 14.2 Å². The van der Waals surface area contributed by atoms with Gasteiger partial charge in [0.15, 0.2) is 0 Å². The van der Waals surface area contributed by atoms with Crippen molar-refractivity contribution in [2.75, 3.05) is 0 Å². The maximum absolute atomic E-state index is 6.60. The number of rotatable bonds is 1. The van der Waals surface area contributed by atoms with Gasteiger partial charge in [-0.15, -0.1) is 0 Å².